The van der Waals surface area contributed by atoms with Crippen LogP contribution in [0, 0.1) is 5.82 Å². The van der Waals surface area contributed by atoms with Crippen molar-refractivity contribution < 1.29 is 9.13 Å². The average Bonchev–Trinajstić information content (AvgIpc) is 2.70. The van der Waals surface area contributed by atoms with Crippen molar-refractivity contribution in [1.29, 1.82) is 0 Å². The van der Waals surface area contributed by atoms with Crippen LogP contribution in [-0.4, -0.2) is 19.7 Å². The van der Waals surface area contributed by atoms with Crippen LogP contribution < -0.4 is 10.1 Å². The molecule has 0 radical (unpaired) electrons. The van der Waals surface area contributed by atoms with Gasteiger partial charge in [0.05, 0.1) is 7.11 Å². The van der Waals surface area contributed by atoms with Crippen LogP contribution in [0.25, 0.3) is 0 Å². The summed E-state index contributed by atoms with van der Waals surface area (Å²) in [6, 6.07) is 5.70. The van der Waals surface area contributed by atoms with Gasteiger partial charge < -0.3 is 10.1 Å². The normalized spacial score (nSPS) is 23.4. The summed E-state index contributed by atoms with van der Waals surface area (Å²) in [7, 11) is 1.58. The van der Waals surface area contributed by atoms with Crippen molar-refractivity contribution >= 4 is 0 Å². The van der Waals surface area contributed by atoms with E-state index in [0.717, 1.165) is 31.4 Å². The van der Waals surface area contributed by atoms with Crippen LogP contribution in [0.2, 0.25) is 0 Å². The lowest BCUT2D eigenvalue weighted by Gasteiger charge is -2.27. The van der Waals surface area contributed by atoms with Crippen LogP contribution in [0.15, 0.2) is 18.2 Å². The quantitative estimate of drug-likeness (QED) is 0.814. The second kappa shape index (κ2) is 7.63. The maximum atomic E-state index is 14.3. The molecule has 1 aliphatic carbocycles. The molecular formula is C17H26FNO. The van der Waals surface area contributed by atoms with E-state index in [1.165, 1.54) is 25.3 Å². The molecule has 2 nitrogen and oxygen atoms in total. The van der Waals surface area contributed by atoms with Gasteiger partial charge in [0.15, 0.2) is 0 Å². The van der Waals surface area contributed by atoms with Gasteiger partial charge >= 0.3 is 0 Å². The van der Waals surface area contributed by atoms with Gasteiger partial charge in [-0.25, -0.2) is 4.39 Å². The monoisotopic (exact) mass is 279 g/mol. The topological polar surface area (TPSA) is 21.3 Å². The molecule has 20 heavy (non-hydrogen) atoms. The molecule has 0 aliphatic heterocycles. The van der Waals surface area contributed by atoms with Gasteiger partial charge in [-0.1, -0.05) is 32.3 Å². The highest BCUT2D eigenvalue weighted by Crippen LogP contribution is 2.34. The number of ether oxygens (including phenoxy) is 1. The Labute approximate surface area is 121 Å². The molecule has 0 spiro atoms. The van der Waals surface area contributed by atoms with Crippen molar-refractivity contribution in [3.8, 4) is 5.75 Å². The fourth-order valence-corrected chi connectivity index (χ4v) is 3.19. The SMILES string of the molecule is CCCNC1CCCCCC1c1ccc(OC)cc1F. The third-order valence-electron chi connectivity index (χ3n) is 4.28. The summed E-state index contributed by atoms with van der Waals surface area (Å²) < 4.78 is 19.4. The molecule has 1 saturated carbocycles. The molecule has 2 rings (SSSR count). The van der Waals surface area contributed by atoms with Crippen LogP contribution in [0.1, 0.15) is 56.9 Å². The van der Waals surface area contributed by atoms with Gasteiger partial charge in [0.2, 0.25) is 0 Å². The Hall–Kier alpha value is -1.09. The third-order valence-corrected chi connectivity index (χ3v) is 4.28. The zero-order chi connectivity index (χ0) is 14.4. The van der Waals surface area contributed by atoms with E-state index in [4.69, 9.17) is 4.74 Å². The van der Waals surface area contributed by atoms with Crippen LogP contribution in [-0.2, 0) is 0 Å². The molecule has 0 saturated heterocycles. The van der Waals surface area contributed by atoms with E-state index in [9.17, 15) is 4.39 Å². The summed E-state index contributed by atoms with van der Waals surface area (Å²) in [6.45, 7) is 3.19. The van der Waals surface area contributed by atoms with Crippen molar-refractivity contribution in [2.75, 3.05) is 13.7 Å². The van der Waals surface area contributed by atoms with Crippen LogP contribution in [0.4, 0.5) is 4.39 Å². The van der Waals surface area contributed by atoms with Crippen molar-refractivity contribution in [2.24, 2.45) is 0 Å². The molecule has 0 aromatic heterocycles. The highest BCUT2D eigenvalue weighted by atomic mass is 19.1. The van der Waals surface area contributed by atoms with Gasteiger partial charge in [-0.3, -0.25) is 0 Å². The Kier molecular flexibility index (Phi) is 5.84. The molecule has 3 heteroatoms. The van der Waals surface area contributed by atoms with Gasteiger partial charge in [-0.05, 0) is 37.4 Å². The minimum absolute atomic E-state index is 0.125. The maximum absolute atomic E-state index is 14.3. The third kappa shape index (κ3) is 3.72. The smallest absolute Gasteiger partial charge is 0.130 e. The fraction of sp³-hybridized carbons (Fsp3) is 0.647. The number of nitrogens with one attached hydrogen (secondary N) is 1. The van der Waals surface area contributed by atoms with Gasteiger partial charge in [-0.15, -0.1) is 0 Å². The number of halogens is 1. The van der Waals surface area contributed by atoms with E-state index in [0.29, 0.717) is 11.8 Å². The minimum atomic E-state index is -0.125. The lowest BCUT2D eigenvalue weighted by atomic mass is 9.87. The zero-order valence-corrected chi connectivity index (χ0v) is 12.6. The molecule has 1 aliphatic rings. The second-order valence-electron chi connectivity index (χ2n) is 5.69. The Balaban J connectivity index is 2.20. The van der Waals surface area contributed by atoms with E-state index in [1.54, 1.807) is 7.11 Å². The first-order valence-corrected chi connectivity index (χ1v) is 7.83. The van der Waals surface area contributed by atoms with E-state index >= 15 is 0 Å². The number of benzene rings is 1. The Morgan fingerprint density at radius 1 is 1.25 bits per heavy atom. The van der Waals surface area contributed by atoms with Gasteiger partial charge in [0.25, 0.3) is 0 Å². The van der Waals surface area contributed by atoms with Gasteiger partial charge in [-0.2, -0.15) is 0 Å². The van der Waals surface area contributed by atoms with Crippen LogP contribution >= 0.6 is 0 Å². The predicted octanol–water partition coefficient (Wildman–Crippen LogP) is 4.25. The fourth-order valence-electron chi connectivity index (χ4n) is 3.19. The molecule has 0 bridgehead atoms. The first-order chi connectivity index (χ1) is 9.76. The molecule has 1 fully saturated rings. The predicted molar refractivity (Wildman–Crippen MR) is 80.9 cm³/mol. The average molecular weight is 279 g/mol. The van der Waals surface area contributed by atoms with Crippen molar-refractivity contribution in [3.63, 3.8) is 0 Å². The molecule has 0 heterocycles. The Morgan fingerprint density at radius 3 is 2.75 bits per heavy atom. The lowest BCUT2D eigenvalue weighted by molar-refractivity contribution is 0.393. The Bertz CT molecular complexity index is 421. The highest BCUT2D eigenvalue weighted by molar-refractivity contribution is 5.32. The van der Waals surface area contributed by atoms with Crippen molar-refractivity contribution in [3.05, 3.63) is 29.6 Å². The van der Waals surface area contributed by atoms with Crippen LogP contribution in [0.5, 0.6) is 5.75 Å². The summed E-state index contributed by atoms with van der Waals surface area (Å²) in [6.07, 6.45) is 7.05. The summed E-state index contributed by atoms with van der Waals surface area (Å²) >= 11 is 0. The number of rotatable bonds is 5. The first kappa shape index (κ1) is 15.3. The van der Waals surface area contributed by atoms with Gasteiger partial charge in [0.1, 0.15) is 11.6 Å². The Morgan fingerprint density at radius 2 is 2.05 bits per heavy atom. The zero-order valence-electron chi connectivity index (χ0n) is 12.6. The van der Waals surface area contributed by atoms with E-state index in [2.05, 4.69) is 12.2 Å². The molecule has 2 atom stereocenters. The summed E-state index contributed by atoms with van der Waals surface area (Å²) in [5.41, 5.74) is 0.848. The van der Waals surface area contributed by atoms with Crippen molar-refractivity contribution in [1.82, 2.24) is 5.32 Å². The molecule has 1 aromatic carbocycles. The molecular weight excluding hydrogens is 253 g/mol. The van der Waals surface area contributed by atoms with E-state index in [1.807, 2.05) is 12.1 Å². The standard InChI is InChI=1S/C17H26FNO/c1-3-11-19-17-8-6-4-5-7-15(17)14-10-9-13(20-2)12-16(14)18/h9-10,12,15,17,19H,3-8,11H2,1-2H3. The molecule has 1 aromatic rings. The summed E-state index contributed by atoms with van der Waals surface area (Å²) in [5.74, 6) is 0.757. The number of hydrogen-bond donors (Lipinski definition) is 1. The molecule has 112 valence electrons. The second-order valence-corrected chi connectivity index (χ2v) is 5.69. The number of hydrogen-bond acceptors (Lipinski definition) is 2. The summed E-state index contributed by atoms with van der Waals surface area (Å²) in [4.78, 5) is 0. The van der Waals surface area contributed by atoms with E-state index < -0.39 is 0 Å². The van der Waals surface area contributed by atoms with Gasteiger partial charge in [0, 0.05) is 18.0 Å². The largest absolute Gasteiger partial charge is 0.497 e. The van der Waals surface area contributed by atoms with Crippen LogP contribution in [0.3, 0.4) is 0 Å². The lowest BCUT2D eigenvalue weighted by Crippen LogP contribution is -2.35. The minimum Gasteiger partial charge on any atom is -0.497 e. The highest BCUT2D eigenvalue weighted by Gasteiger charge is 2.26. The maximum Gasteiger partial charge on any atom is 0.130 e. The summed E-state index contributed by atoms with van der Waals surface area (Å²) in [5, 5.41) is 3.62. The molecule has 2 unspecified atom stereocenters. The van der Waals surface area contributed by atoms with E-state index in [-0.39, 0.29) is 11.7 Å². The molecule has 1 N–H and O–H groups in total. The number of methoxy groups -OCH3 is 1. The first-order valence-electron chi connectivity index (χ1n) is 7.83. The van der Waals surface area contributed by atoms with Crippen molar-refractivity contribution in [2.45, 2.75) is 57.4 Å². The molecule has 0 amide bonds.